The van der Waals surface area contributed by atoms with Crippen molar-refractivity contribution in [3.05, 3.63) is 29.8 Å². The van der Waals surface area contributed by atoms with Crippen molar-refractivity contribution in [2.45, 2.75) is 32.6 Å². The van der Waals surface area contributed by atoms with Crippen LogP contribution in [0, 0.1) is 0 Å². The Morgan fingerprint density at radius 2 is 1.85 bits per heavy atom. The van der Waals surface area contributed by atoms with E-state index in [0.29, 0.717) is 12.2 Å². The first-order valence-corrected chi connectivity index (χ1v) is 7.41. The molecular formula is C16H26N2O2. The Bertz CT molecular complexity index is 384. The Morgan fingerprint density at radius 1 is 1.20 bits per heavy atom. The molecule has 4 heteroatoms. The Kier molecular flexibility index (Phi) is 5.83. The van der Waals surface area contributed by atoms with Crippen LogP contribution in [-0.4, -0.2) is 50.4 Å². The Morgan fingerprint density at radius 3 is 2.45 bits per heavy atom. The molecule has 0 spiro atoms. The molecule has 0 aliphatic carbocycles. The van der Waals surface area contributed by atoms with E-state index in [1.807, 2.05) is 19.2 Å². The van der Waals surface area contributed by atoms with Crippen LogP contribution in [0.3, 0.4) is 0 Å². The SMILES string of the molecule is CNCc1ccc(OCCN2C[C@@H](C)O[C@@H](C)C2)cc1. The van der Waals surface area contributed by atoms with Gasteiger partial charge in [-0.15, -0.1) is 0 Å². The molecule has 0 bridgehead atoms. The Labute approximate surface area is 122 Å². The first-order valence-electron chi connectivity index (χ1n) is 7.41. The minimum atomic E-state index is 0.319. The molecule has 20 heavy (non-hydrogen) atoms. The van der Waals surface area contributed by atoms with E-state index in [-0.39, 0.29) is 0 Å². The van der Waals surface area contributed by atoms with Gasteiger partial charge in [0.05, 0.1) is 12.2 Å². The zero-order valence-electron chi connectivity index (χ0n) is 12.8. The van der Waals surface area contributed by atoms with Gasteiger partial charge in [0.1, 0.15) is 12.4 Å². The van der Waals surface area contributed by atoms with E-state index in [1.54, 1.807) is 0 Å². The molecule has 0 amide bonds. The molecule has 4 nitrogen and oxygen atoms in total. The first-order chi connectivity index (χ1) is 9.67. The topological polar surface area (TPSA) is 33.7 Å². The molecule has 2 atom stereocenters. The quantitative estimate of drug-likeness (QED) is 0.861. The van der Waals surface area contributed by atoms with E-state index in [1.165, 1.54) is 5.56 Å². The van der Waals surface area contributed by atoms with Gasteiger partial charge in [-0.25, -0.2) is 0 Å². The summed E-state index contributed by atoms with van der Waals surface area (Å²) in [5.41, 5.74) is 1.27. The molecule has 2 rings (SSSR count). The maximum absolute atomic E-state index is 5.81. The van der Waals surface area contributed by atoms with Crippen molar-refractivity contribution < 1.29 is 9.47 Å². The number of hydrogen-bond donors (Lipinski definition) is 1. The summed E-state index contributed by atoms with van der Waals surface area (Å²) in [6.07, 6.45) is 0.638. The molecule has 1 aromatic rings. The molecule has 0 radical (unpaired) electrons. The number of nitrogens with one attached hydrogen (secondary N) is 1. The smallest absolute Gasteiger partial charge is 0.119 e. The van der Waals surface area contributed by atoms with E-state index >= 15 is 0 Å². The highest BCUT2D eigenvalue weighted by molar-refractivity contribution is 5.27. The van der Waals surface area contributed by atoms with Gasteiger partial charge in [-0.3, -0.25) is 4.90 Å². The summed E-state index contributed by atoms with van der Waals surface area (Å²) in [7, 11) is 1.95. The number of nitrogens with zero attached hydrogens (tertiary/aromatic N) is 1. The van der Waals surface area contributed by atoms with Gasteiger partial charge in [0.15, 0.2) is 0 Å². The van der Waals surface area contributed by atoms with Crippen LogP contribution < -0.4 is 10.1 Å². The monoisotopic (exact) mass is 278 g/mol. The van der Waals surface area contributed by atoms with Gasteiger partial charge in [0.25, 0.3) is 0 Å². The molecule has 1 N–H and O–H groups in total. The highest BCUT2D eigenvalue weighted by Gasteiger charge is 2.21. The zero-order valence-corrected chi connectivity index (χ0v) is 12.8. The fraction of sp³-hybridized carbons (Fsp3) is 0.625. The predicted molar refractivity (Wildman–Crippen MR) is 81.1 cm³/mol. The van der Waals surface area contributed by atoms with Crippen LogP contribution in [0.5, 0.6) is 5.75 Å². The maximum atomic E-state index is 5.81. The van der Waals surface area contributed by atoms with Crippen LogP contribution in [-0.2, 0) is 11.3 Å². The lowest BCUT2D eigenvalue weighted by atomic mass is 10.2. The van der Waals surface area contributed by atoms with Crippen LogP contribution in [0.4, 0.5) is 0 Å². The number of morpholine rings is 1. The number of rotatable bonds is 6. The highest BCUT2D eigenvalue weighted by Crippen LogP contribution is 2.13. The fourth-order valence-corrected chi connectivity index (χ4v) is 2.67. The molecule has 1 heterocycles. The van der Waals surface area contributed by atoms with Crippen LogP contribution in [0.1, 0.15) is 19.4 Å². The fourth-order valence-electron chi connectivity index (χ4n) is 2.67. The van der Waals surface area contributed by atoms with Crippen molar-refractivity contribution in [3.63, 3.8) is 0 Å². The lowest BCUT2D eigenvalue weighted by Gasteiger charge is -2.35. The van der Waals surface area contributed by atoms with Crippen LogP contribution >= 0.6 is 0 Å². The normalized spacial score (nSPS) is 23.8. The second-order valence-corrected chi connectivity index (χ2v) is 5.54. The third-order valence-corrected chi connectivity index (χ3v) is 3.48. The first kappa shape index (κ1) is 15.3. The average molecular weight is 278 g/mol. The molecule has 0 unspecified atom stereocenters. The molecule has 0 aromatic heterocycles. The molecule has 1 aliphatic heterocycles. The zero-order chi connectivity index (χ0) is 14.4. The van der Waals surface area contributed by atoms with Gasteiger partial charge >= 0.3 is 0 Å². The maximum Gasteiger partial charge on any atom is 0.119 e. The molecule has 0 saturated carbocycles. The van der Waals surface area contributed by atoms with Gasteiger partial charge in [-0.1, -0.05) is 12.1 Å². The van der Waals surface area contributed by atoms with Crippen molar-refractivity contribution in [1.82, 2.24) is 10.2 Å². The van der Waals surface area contributed by atoms with E-state index in [2.05, 4.69) is 36.2 Å². The summed E-state index contributed by atoms with van der Waals surface area (Å²) >= 11 is 0. The molecule has 1 fully saturated rings. The Balaban J connectivity index is 1.72. The van der Waals surface area contributed by atoms with Gasteiger partial charge in [-0.2, -0.15) is 0 Å². The van der Waals surface area contributed by atoms with Gasteiger partial charge < -0.3 is 14.8 Å². The van der Waals surface area contributed by atoms with Crippen molar-refractivity contribution >= 4 is 0 Å². The third kappa shape index (κ3) is 4.78. The standard InChI is InChI=1S/C16H26N2O2/c1-13-11-18(12-14(2)20-13)8-9-19-16-6-4-15(5-7-16)10-17-3/h4-7,13-14,17H,8-12H2,1-3H3/t13-,14+. The lowest BCUT2D eigenvalue weighted by molar-refractivity contribution is -0.0699. The van der Waals surface area contributed by atoms with Gasteiger partial charge in [0.2, 0.25) is 0 Å². The summed E-state index contributed by atoms with van der Waals surface area (Å²) < 4.78 is 11.5. The number of hydrogen-bond acceptors (Lipinski definition) is 4. The van der Waals surface area contributed by atoms with Crippen LogP contribution in [0.15, 0.2) is 24.3 Å². The molecule has 1 aliphatic rings. The molecule has 1 saturated heterocycles. The second kappa shape index (κ2) is 7.62. The Hall–Kier alpha value is -1.10. The predicted octanol–water partition coefficient (Wildman–Crippen LogP) is 1.89. The van der Waals surface area contributed by atoms with Gasteiger partial charge in [-0.05, 0) is 38.6 Å². The lowest BCUT2D eigenvalue weighted by Crippen LogP contribution is -2.46. The number of ether oxygens (including phenoxy) is 2. The summed E-state index contributed by atoms with van der Waals surface area (Å²) in [6, 6.07) is 8.28. The molecule has 1 aromatic carbocycles. The van der Waals surface area contributed by atoms with Crippen molar-refractivity contribution in [2.24, 2.45) is 0 Å². The van der Waals surface area contributed by atoms with Crippen LogP contribution in [0.2, 0.25) is 0 Å². The summed E-state index contributed by atoms with van der Waals surface area (Å²) in [5, 5.41) is 3.14. The van der Waals surface area contributed by atoms with E-state index < -0.39 is 0 Å². The number of benzene rings is 1. The van der Waals surface area contributed by atoms with Gasteiger partial charge in [0, 0.05) is 26.2 Å². The van der Waals surface area contributed by atoms with E-state index in [9.17, 15) is 0 Å². The average Bonchev–Trinajstić information content (AvgIpc) is 2.40. The summed E-state index contributed by atoms with van der Waals surface area (Å²) in [4.78, 5) is 2.41. The van der Waals surface area contributed by atoms with Crippen molar-refractivity contribution in [2.75, 3.05) is 33.3 Å². The molecular weight excluding hydrogens is 252 g/mol. The largest absolute Gasteiger partial charge is 0.492 e. The van der Waals surface area contributed by atoms with E-state index in [0.717, 1.165) is 38.5 Å². The minimum absolute atomic E-state index is 0.319. The second-order valence-electron chi connectivity index (χ2n) is 5.54. The summed E-state index contributed by atoms with van der Waals surface area (Å²) in [6.45, 7) is 8.82. The van der Waals surface area contributed by atoms with E-state index in [4.69, 9.17) is 9.47 Å². The van der Waals surface area contributed by atoms with Crippen LogP contribution in [0.25, 0.3) is 0 Å². The summed E-state index contributed by atoms with van der Waals surface area (Å²) in [5.74, 6) is 0.944. The minimum Gasteiger partial charge on any atom is -0.492 e. The highest BCUT2D eigenvalue weighted by atomic mass is 16.5. The third-order valence-electron chi connectivity index (χ3n) is 3.48. The van der Waals surface area contributed by atoms with Crippen molar-refractivity contribution in [3.8, 4) is 5.75 Å². The molecule has 112 valence electrons. The van der Waals surface area contributed by atoms with Crippen molar-refractivity contribution in [1.29, 1.82) is 0 Å².